The number of para-hydroxylation sites is 1. The van der Waals surface area contributed by atoms with Gasteiger partial charge < -0.3 is 15.3 Å². The Labute approximate surface area is 198 Å². The molecule has 0 bridgehead atoms. The van der Waals surface area contributed by atoms with Crippen molar-refractivity contribution in [2.24, 2.45) is 16.6 Å². The van der Waals surface area contributed by atoms with Crippen molar-refractivity contribution in [3.05, 3.63) is 65.7 Å². The van der Waals surface area contributed by atoms with Crippen molar-refractivity contribution < 1.29 is 19.5 Å². The van der Waals surface area contributed by atoms with Gasteiger partial charge in [-0.3, -0.25) is 20.1 Å². The Morgan fingerprint density at radius 3 is 2.41 bits per heavy atom. The van der Waals surface area contributed by atoms with E-state index < -0.39 is 35.4 Å². The maximum absolute atomic E-state index is 13.6. The highest BCUT2D eigenvalue weighted by molar-refractivity contribution is 6.26. The van der Waals surface area contributed by atoms with Gasteiger partial charge in [0.05, 0.1) is 17.4 Å². The zero-order valence-corrected chi connectivity index (χ0v) is 19.4. The molecule has 3 atom stereocenters. The Bertz CT molecular complexity index is 1130. The highest BCUT2D eigenvalue weighted by Crippen LogP contribution is 2.31. The molecule has 1 heterocycles. The number of nitrogens with two attached hydrogens (primary N) is 1. The SMILES string of the molecule is C[C@H](NC(=O)C(O)C1CCCC1)C(=O)C1(N)N=C(c2ccccc2)c2ccccc2N(C)C1=O. The van der Waals surface area contributed by atoms with E-state index in [9.17, 15) is 19.5 Å². The van der Waals surface area contributed by atoms with Crippen LogP contribution in [-0.4, -0.2) is 53.3 Å². The van der Waals surface area contributed by atoms with Gasteiger partial charge in [0.2, 0.25) is 17.4 Å². The van der Waals surface area contributed by atoms with E-state index in [4.69, 9.17) is 5.73 Å². The number of amides is 2. The fraction of sp³-hybridized carbons (Fsp3) is 0.385. The number of benzodiazepines with no additional fused rings is 1. The number of Topliss-reactive ketones (excluding diaryl/α,β-unsaturated/α-hetero) is 1. The first kappa shape index (κ1) is 23.8. The Morgan fingerprint density at radius 2 is 1.74 bits per heavy atom. The first-order valence-electron chi connectivity index (χ1n) is 11.6. The Hall–Kier alpha value is -3.36. The molecule has 2 aromatic carbocycles. The number of anilines is 1. The highest BCUT2D eigenvalue weighted by Gasteiger charge is 2.49. The standard InChI is InChI=1S/C26H30N4O4/c1-16(28-24(33)22(31)18-12-6-7-13-18)23(32)26(27)25(34)30(2)20-15-9-8-14-19(20)21(29-26)17-10-4-3-5-11-17/h3-5,8-11,14-16,18,22,31H,6-7,12-13,27H2,1-2H3,(H,28,33)/t16-,22?,26?/m0/s1. The quantitative estimate of drug-likeness (QED) is 0.565. The summed E-state index contributed by atoms with van der Waals surface area (Å²) in [7, 11) is 1.55. The molecule has 1 aliphatic heterocycles. The Morgan fingerprint density at radius 1 is 1.12 bits per heavy atom. The molecular formula is C26H30N4O4. The molecule has 0 spiro atoms. The van der Waals surface area contributed by atoms with Crippen LogP contribution in [0, 0.1) is 5.92 Å². The molecule has 0 saturated heterocycles. The number of nitrogens with zero attached hydrogens (tertiary/aromatic N) is 2. The summed E-state index contributed by atoms with van der Waals surface area (Å²) >= 11 is 0. The van der Waals surface area contributed by atoms with E-state index in [1.54, 1.807) is 19.2 Å². The van der Waals surface area contributed by atoms with Crippen molar-refractivity contribution in [3.8, 4) is 0 Å². The molecule has 1 saturated carbocycles. The van der Waals surface area contributed by atoms with Crippen LogP contribution in [0.15, 0.2) is 59.6 Å². The average Bonchev–Trinajstić information content (AvgIpc) is 3.38. The summed E-state index contributed by atoms with van der Waals surface area (Å²) in [4.78, 5) is 45.5. The summed E-state index contributed by atoms with van der Waals surface area (Å²) in [5.41, 5.74) is 6.57. The molecule has 2 aliphatic rings. The number of carbonyl (C=O) groups excluding carboxylic acids is 3. The number of aliphatic hydroxyl groups excluding tert-OH is 1. The fourth-order valence-corrected chi connectivity index (χ4v) is 4.77. The predicted molar refractivity (Wildman–Crippen MR) is 129 cm³/mol. The molecule has 8 nitrogen and oxygen atoms in total. The van der Waals surface area contributed by atoms with Crippen molar-refractivity contribution >= 4 is 29.0 Å². The van der Waals surface area contributed by atoms with Crippen LogP contribution >= 0.6 is 0 Å². The number of fused-ring (bicyclic) bond motifs is 1. The fourth-order valence-electron chi connectivity index (χ4n) is 4.77. The zero-order valence-electron chi connectivity index (χ0n) is 19.4. The second kappa shape index (κ2) is 9.48. The van der Waals surface area contributed by atoms with E-state index in [2.05, 4.69) is 10.3 Å². The lowest BCUT2D eigenvalue weighted by Crippen LogP contribution is -2.63. The summed E-state index contributed by atoms with van der Waals surface area (Å²) in [5, 5.41) is 13.0. The van der Waals surface area contributed by atoms with Crippen molar-refractivity contribution in [1.29, 1.82) is 0 Å². The van der Waals surface area contributed by atoms with Crippen molar-refractivity contribution in [2.45, 2.75) is 50.4 Å². The molecule has 0 radical (unpaired) electrons. The molecule has 2 amide bonds. The summed E-state index contributed by atoms with van der Waals surface area (Å²) in [6.07, 6.45) is 2.27. The van der Waals surface area contributed by atoms with Crippen LogP contribution in [0.3, 0.4) is 0 Å². The largest absolute Gasteiger partial charge is 0.383 e. The maximum atomic E-state index is 13.6. The van der Waals surface area contributed by atoms with Gasteiger partial charge in [-0.15, -0.1) is 0 Å². The van der Waals surface area contributed by atoms with Gasteiger partial charge in [-0.2, -0.15) is 0 Å². The third-order valence-electron chi connectivity index (χ3n) is 6.73. The number of ketones is 1. The van der Waals surface area contributed by atoms with Crippen LogP contribution in [0.2, 0.25) is 0 Å². The van der Waals surface area contributed by atoms with Crippen molar-refractivity contribution in [3.63, 3.8) is 0 Å². The second-order valence-electron chi connectivity index (χ2n) is 9.06. The number of hydrogen-bond acceptors (Lipinski definition) is 6. The van der Waals surface area contributed by atoms with Crippen LogP contribution < -0.4 is 16.0 Å². The second-order valence-corrected chi connectivity index (χ2v) is 9.06. The van der Waals surface area contributed by atoms with Crippen LogP contribution in [0.4, 0.5) is 5.69 Å². The van der Waals surface area contributed by atoms with Gasteiger partial charge in [-0.25, -0.2) is 4.99 Å². The highest BCUT2D eigenvalue weighted by atomic mass is 16.3. The minimum Gasteiger partial charge on any atom is -0.383 e. The third kappa shape index (κ3) is 4.26. The van der Waals surface area contributed by atoms with Crippen LogP contribution in [0.5, 0.6) is 0 Å². The molecule has 178 valence electrons. The monoisotopic (exact) mass is 462 g/mol. The normalized spacial score (nSPS) is 22.4. The molecule has 4 rings (SSSR count). The lowest BCUT2D eigenvalue weighted by Gasteiger charge is -2.29. The zero-order chi connectivity index (χ0) is 24.5. The minimum absolute atomic E-state index is 0.128. The number of hydrogen-bond donors (Lipinski definition) is 3. The lowest BCUT2D eigenvalue weighted by atomic mass is 9.96. The Kier molecular flexibility index (Phi) is 6.63. The van der Waals surface area contributed by atoms with Gasteiger partial charge in [0, 0.05) is 18.2 Å². The number of carbonyl (C=O) groups is 3. The summed E-state index contributed by atoms with van der Waals surface area (Å²) in [6, 6.07) is 15.3. The summed E-state index contributed by atoms with van der Waals surface area (Å²) in [6.45, 7) is 1.46. The van der Waals surface area contributed by atoms with E-state index in [1.807, 2.05) is 42.5 Å². The molecule has 1 fully saturated rings. The molecule has 2 unspecified atom stereocenters. The van der Waals surface area contributed by atoms with Gasteiger partial charge in [-0.05, 0) is 31.7 Å². The number of benzene rings is 2. The van der Waals surface area contributed by atoms with Gasteiger partial charge in [0.25, 0.3) is 5.91 Å². The van der Waals surface area contributed by atoms with E-state index >= 15 is 0 Å². The molecule has 8 heteroatoms. The Balaban J connectivity index is 1.70. The molecule has 0 aromatic heterocycles. The molecule has 1 aliphatic carbocycles. The maximum Gasteiger partial charge on any atom is 0.277 e. The molecule has 4 N–H and O–H groups in total. The topological polar surface area (TPSA) is 125 Å². The van der Waals surface area contributed by atoms with Gasteiger partial charge in [-0.1, -0.05) is 61.4 Å². The number of aliphatic imine (C=N–C) groups is 1. The van der Waals surface area contributed by atoms with Crippen LogP contribution in [0.25, 0.3) is 0 Å². The van der Waals surface area contributed by atoms with E-state index in [1.165, 1.54) is 11.8 Å². The first-order chi connectivity index (χ1) is 16.2. The smallest absolute Gasteiger partial charge is 0.277 e. The van der Waals surface area contributed by atoms with Gasteiger partial charge >= 0.3 is 0 Å². The van der Waals surface area contributed by atoms with Crippen LogP contribution in [-0.2, 0) is 14.4 Å². The molecule has 2 aromatic rings. The van der Waals surface area contributed by atoms with E-state index in [-0.39, 0.29) is 5.92 Å². The lowest BCUT2D eigenvalue weighted by molar-refractivity contribution is -0.139. The summed E-state index contributed by atoms with van der Waals surface area (Å²) < 4.78 is 0. The van der Waals surface area contributed by atoms with E-state index in [0.29, 0.717) is 22.5 Å². The van der Waals surface area contributed by atoms with Crippen LogP contribution in [0.1, 0.15) is 43.7 Å². The predicted octanol–water partition coefficient (Wildman–Crippen LogP) is 1.78. The van der Waals surface area contributed by atoms with Gasteiger partial charge in [0.15, 0.2) is 0 Å². The average molecular weight is 463 g/mol. The molecule has 34 heavy (non-hydrogen) atoms. The summed E-state index contributed by atoms with van der Waals surface area (Å²) in [5.74, 6) is -2.22. The third-order valence-corrected chi connectivity index (χ3v) is 6.73. The number of nitrogens with one attached hydrogen (secondary N) is 1. The van der Waals surface area contributed by atoms with E-state index in [0.717, 1.165) is 25.7 Å². The molecular weight excluding hydrogens is 432 g/mol. The van der Waals surface area contributed by atoms with Gasteiger partial charge in [0.1, 0.15) is 6.10 Å². The number of aliphatic hydroxyl groups is 1. The minimum atomic E-state index is -2.26. The first-order valence-corrected chi connectivity index (χ1v) is 11.6. The number of rotatable bonds is 6. The van der Waals surface area contributed by atoms with Crippen molar-refractivity contribution in [2.75, 3.05) is 11.9 Å². The van der Waals surface area contributed by atoms with Crippen molar-refractivity contribution in [1.82, 2.24) is 5.32 Å². The number of likely N-dealkylation sites (N-methyl/N-ethyl adjacent to an activating group) is 1.